The number of hydrogen-bond acceptors (Lipinski definition) is 4. The van der Waals surface area contributed by atoms with Gasteiger partial charge in [-0.25, -0.2) is 4.79 Å². The van der Waals surface area contributed by atoms with E-state index in [4.69, 9.17) is 14.2 Å². The minimum atomic E-state index is -0.418. The van der Waals surface area contributed by atoms with Gasteiger partial charge in [0.2, 0.25) is 5.75 Å². The van der Waals surface area contributed by atoms with Gasteiger partial charge in [-0.1, -0.05) is 0 Å². The van der Waals surface area contributed by atoms with Gasteiger partial charge in [-0.2, -0.15) is 4.99 Å². The van der Waals surface area contributed by atoms with E-state index in [0.29, 0.717) is 22.9 Å². The van der Waals surface area contributed by atoms with Crippen LogP contribution < -0.4 is 19.5 Å². The Hall–Kier alpha value is -2.44. The number of likely N-dealkylation sites (tertiary alicyclic amines) is 1. The van der Waals surface area contributed by atoms with Crippen LogP contribution in [0, 0.1) is 0 Å². The van der Waals surface area contributed by atoms with Crippen molar-refractivity contribution in [2.45, 2.75) is 12.8 Å². The number of carbonyl (C=O) groups excluding carboxylic acids is 1. The lowest BCUT2D eigenvalue weighted by atomic mass is 10.2. The molecule has 0 aromatic heterocycles. The maximum absolute atomic E-state index is 12.0. The van der Waals surface area contributed by atoms with E-state index in [0.717, 1.165) is 25.2 Å². The number of anilines is 1. The van der Waals surface area contributed by atoms with E-state index in [-0.39, 0.29) is 0 Å². The molecule has 1 aliphatic heterocycles. The van der Waals surface area contributed by atoms with Crippen LogP contribution >= 0.6 is 0 Å². The quantitative estimate of drug-likeness (QED) is 0.924. The van der Waals surface area contributed by atoms with E-state index in [1.165, 1.54) is 21.3 Å². The summed E-state index contributed by atoms with van der Waals surface area (Å²) in [5.74, 6) is 2.22. The second-order valence-electron chi connectivity index (χ2n) is 4.90. The van der Waals surface area contributed by atoms with Crippen LogP contribution in [0.4, 0.5) is 10.5 Å². The van der Waals surface area contributed by atoms with Crippen LogP contribution in [0.1, 0.15) is 12.8 Å². The summed E-state index contributed by atoms with van der Waals surface area (Å²) in [6.45, 7) is 0.927. The molecule has 0 unspecified atom stereocenters. The monoisotopic (exact) mass is 307 g/mol. The second-order valence-corrected chi connectivity index (χ2v) is 4.90. The van der Waals surface area contributed by atoms with Crippen molar-refractivity contribution in [1.82, 2.24) is 4.90 Å². The van der Waals surface area contributed by atoms with Crippen LogP contribution in [0.15, 0.2) is 17.1 Å². The lowest BCUT2D eigenvalue weighted by Crippen LogP contribution is -2.21. The molecule has 7 nitrogen and oxygen atoms in total. The Labute approximate surface area is 129 Å². The number of amidine groups is 1. The SMILES string of the molecule is COc1cc(NC(=O)N=C2CCCN2C)cc(OC)c1OC. The summed E-state index contributed by atoms with van der Waals surface area (Å²) in [4.78, 5) is 18.1. The maximum atomic E-state index is 12.0. The number of hydrogen-bond donors (Lipinski definition) is 1. The van der Waals surface area contributed by atoms with Gasteiger partial charge in [0.25, 0.3) is 0 Å². The third kappa shape index (κ3) is 3.41. The molecular weight excluding hydrogens is 286 g/mol. The Bertz CT molecular complexity index is 561. The van der Waals surface area contributed by atoms with Crippen molar-refractivity contribution in [3.63, 3.8) is 0 Å². The molecule has 0 radical (unpaired) electrons. The number of nitrogens with zero attached hydrogens (tertiary/aromatic N) is 2. The Morgan fingerprint density at radius 1 is 1.18 bits per heavy atom. The number of aliphatic imine (C=N–C) groups is 1. The third-order valence-corrected chi connectivity index (χ3v) is 3.48. The van der Waals surface area contributed by atoms with Crippen molar-refractivity contribution in [3.05, 3.63) is 12.1 Å². The summed E-state index contributed by atoms with van der Waals surface area (Å²) in [6, 6.07) is 2.91. The first kappa shape index (κ1) is 15.9. The molecule has 22 heavy (non-hydrogen) atoms. The molecule has 1 heterocycles. The van der Waals surface area contributed by atoms with Crippen LogP contribution in [-0.4, -0.2) is 51.7 Å². The molecule has 0 aliphatic carbocycles. The Morgan fingerprint density at radius 2 is 1.82 bits per heavy atom. The number of urea groups is 1. The van der Waals surface area contributed by atoms with E-state index in [9.17, 15) is 4.79 Å². The van der Waals surface area contributed by atoms with Crippen LogP contribution in [0.25, 0.3) is 0 Å². The van der Waals surface area contributed by atoms with E-state index in [2.05, 4.69) is 10.3 Å². The molecule has 1 aromatic rings. The molecule has 0 saturated carbocycles. The normalized spacial score (nSPS) is 15.8. The zero-order chi connectivity index (χ0) is 16.1. The van der Waals surface area contributed by atoms with Gasteiger partial charge in [0.15, 0.2) is 11.5 Å². The second kappa shape index (κ2) is 7.02. The summed E-state index contributed by atoms with van der Waals surface area (Å²) in [5.41, 5.74) is 0.532. The number of rotatable bonds is 4. The fraction of sp³-hybridized carbons (Fsp3) is 0.467. The van der Waals surface area contributed by atoms with Crippen LogP contribution in [0.5, 0.6) is 17.2 Å². The Kier molecular flexibility index (Phi) is 5.08. The number of methoxy groups -OCH3 is 3. The van der Waals surface area contributed by atoms with Crippen molar-refractivity contribution in [3.8, 4) is 17.2 Å². The molecule has 0 atom stereocenters. The predicted molar refractivity (Wildman–Crippen MR) is 84.4 cm³/mol. The summed E-state index contributed by atoms with van der Waals surface area (Å²) >= 11 is 0. The highest BCUT2D eigenvalue weighted by molar-refractivity contribution is 6.00. The molecule has 1 N–H and O–H groups in total. The van der Waals surface area contributed by atoms with Crippen LogP contribution in [-0.2, 0) is 0 Å². The number of ether oxygens (including phenoxy) is 3. The smallest absolute Gasteiger partial charge is 0.347 e. The number of benzene rings is 1. The molecule has 0 bridgehead atoms. The third-order valence-electron chi connectivity index (χ3n) is 3.48. The zero-order valence-electron chi connectivity index (χ0n) is 13.3. The Balaban J connectivity index is 2.20. The summed E-state index contributed by atoms with van der Waals surface area (Å²) < 4.78 is 15.7. The standard InChI is InChI=1S/C15H21N3O4/c1-18-7-5-6-13(18)17-15(19)16-10-8-11(20-2)14(22-4)12(9-10)21-3/h8-9H,5-7H2,1-4H3,(H,16,19). The van der Waals surface area contributed by atoms with E-state index in [1.807, 2.05) is 11.9 Å². The summed E-state index contributed by atoms with van der Waals surface area (Å²) in [7, 11) is 6.51. The van der Waals surface area contributed by atoms with E-state index < -0.39 is 6.03 Å². The molecule has 2 rings (SSSR count). The van der Waals surface area contributed by atoms with Crippen LogP contribution in [0.2, 0.25) is 0 Å². The number of carbonyl (C=O) groups is 1. The van der Waals surface area contributed by atoms with Crippen LogP contribution in [0.3, 0.4) is 0 Å². The van der Waals surface area contributed by atoms with Gasteiger partial charge in [0.1, 0.15) is 5.84 Å². The molecule has 7 heteroatoms. The topological polar surface area (TPSA) is 72.4 Å². The highest BCUT2D eigenvalue weighted by Gasteiger charge is 2.17. The van der Waals surface area contributed by atoms with E-state index >= 15 is 0 Å². The highest BCUT2D eigenvalue weighted by atomic mass is 16.5. The average molecular weight is 307 g/mol. The van der Waals surface area contributed by atoms with Gasteiger partial charge < -0.3 is 24.4 Å². The van der Waals surface area contributed by atoms with Gasteiger partial charge >= 0.3 is 6.03 Å². The van der Waals surface area contributed by atoms with E-state index in [1.54, 1.807) is 12.1 Å². The molecule has 2 amide bonds. The summed E-state index contributed by atoms with van der Waals surface area (Å²) in [5, 5.41) is 2.72. The van der Waals surface area contributed by atoms with Gasteiger partial charge in [-0.15, -0.1) is 0 Å². The molecular formula is C15H21N3O4. The first-order valence-corrected chi connectivity index (χ1v) is 6.98. The van der Waals surface area contributed by atoms with Crippen molar-refractivity contribution < 1.29 is 19.0 Å². The lowest BCUT2D eigenvalue weighted by Gasteiger charge is -2.14. The lowest BCUT2D eigenvalue weighted by molar-refractivity contribution is 0.259. The first-order valence-electron chi connectivity index (χ1n) is 6.98. The number of nitrogens with one attached hydrogen (secondary N) is 1. The fourth-order valence-electron chi connectivity index (χ4n) is 2.36. The van der Waals surface area contributed by atoms with Gasteiger partial charge in [0.05, 0.1) is 27.0 Å². The zero-order valence-corrected chi connectivity index (χ0v) is 13.3. The minimum Gasteiger partial charge on any atom is -0.493 e. The summed E-state index contributed by atoms with van der Waals surface area (Å²) in [6.07, 6.45) is 1.84. The molecule has 1 saturated heterocycles. The van der Waals surface area contributed by atoms with Crippen molar-refractivity contribution in [2.75, 3.05) is 40.2 Å². The van der Waals surface area contributed by atoms with Gasteiger partial charge in [0, 0.05) is 32.1 Å². The molecule has 1 aromatic carbocycles. The fourth-order valence-corrected chi connectivity index (χ4v) is 2.36. The average Bonchev–Trinajstić information content (AvgIpc) is 2.91. The maximum Gasteiger partial charge on any atom is 0.347 e. The molecule has 1 aliphatic rings. The Morgan fingerprint density at radius 3 is 2.27 bits per heavy atom. The van der Waals surface area contributed by atoms with Gasteiger partial charge in [-0.05, 0) is 6.42 Å². The largest absolute Gasteiger partial charge is 0.493 e. The van der Waals surface area contributed by atoms with Crippen molar-refractivity contribution >= 4 is 17.6 Å². The molecule has 120 valence electrons. The predicted octanol–water partition coefficient (Wildman–Crippen LogP) is 2.37. The van der Waals surface area contributed by atoms with Crippen molar-refractivity contribution in [1.29, 1.82) is 0 Å². The van der Waals surface area contributed by atoms with Gasteiger partial charge in [-0.3, -0.25) is 0 Å². The van der Waals surface area contributed by atoms with Crippen molar-refractivity contribution in [2.24, 2.45) is 4.99 Å². The first-order chi connectivity index (χ1) is 10.6. The minimum absolute atomic E-state index is 0.418. The highest BCUT2D eigenvalue weighted by Crippen LogP contribution is 2.39. The number of amides is 2. The molecule has 0 spiro atoms. The molecule has 1 fully saturated rings.